The van der Waals surface area contributed by atoms with E-state index < -0.39 is 5.41 Å². The van der Waals surface area contributed by atoms with E-state index in [0.29, 0.717) is 44.1 Å². The number of pyridine rings is 1. The predicted molar refractivity (Wildman–Crippen MR) is 130 cm³/mol. The Hall–Kier alpha value is -3.87. The first-order valence-corrected chi connectivity index (χ1v) is 12.3. The van der Waals surface area contributed by atoms with Crippen molar-refractivity contribution < 1.29 is 9.59 Å². The Labute approximate surface area is 210 Å². The zero-order chi connectivity index (χ0) is 25.5. The molecule has 1 spiro atoms. The highest BCUT2D eigenvalue weighted by Gasteiger charge is 2.49. The number of nitrogens with zero attached hydrogens (tertiary/aromatic N) is 8. The van der Waals surface area contributed by atoms with Crippen LogP contribution in [-0.4, -0.2) is 65.8 Å². The smallest absolute Gasteiger partial charge is 0.291 e. The summed E-state index contributed by atoms with van der Waals surface area (Å²) in [6.07, 6.45) is 6.28. The van der Waals surface area contributed by atoms with E-state index in [9.17, 15) is 14.9 Å². The fourth-order valence-corrected chi connectivity index (χ4v) is 5.26. The van der Waals surface area contributed by atoms with Gasteiger partial charge in [-0.2, -0.15) is 14.9 Å². The van der Waals surface area contributed by atoms with Gasteiger partial charge in [-0.25, -0.2) is 9.97 Å². The molecule has 2 aliphatic heterocycles. The highest BCUT2D eigenvalue weighted by molar-refractivity contribution is 5.92. The van der Waals surface area contributed by atoms with E-state index in [-0.39, 0.29) is 28.7 Å². The highest BCUT2D eigenvalue weighted by Crippen LogP contribution is 2.41. The van der Waals surface area contributed by atoms with Gasteiger partial charge in [0.25, 0.3) is 5.91 Å². The number of likely N-dealkylation sites (tertiary alicyclic amines) is 2. The minimum atomic E-state index is -0.566. The lowest BCUT2D eigenvalue weighted by atomic mass is 9.78. The molecule has 1 unspecified atom stereocenters. The fraction of sp³-hybridized carbons (Fsp3) is 0.500. The van der Waals surface area contributed by atoms with Crippen LogP contribution in [0.4, 0.5) is 0 Å². The summed E-state index contributed by atoms with van der Waals surface area (Å²) in [5, 5.41) is 13.6. The minimum absolute atomic E-state index is 0.0854. The van der Waals surface area contributed by atoms with Gasteiger partial charge in [-0.3, -0.25) is 14.6 Å². The molecule has 0 saturated carbocycles. The van der Waals surface area contributed by atoms with Crippen LogP contribution in [0.25, 0.3) is 5.65 Å². The van der Waals surface area contributed by atoms with Crippen molar-refractivity contribution in [3.05, 3.63) is 53.5 Å². The zero-order valence-electron chi connectivity index (χ0n) is 20.9. The monoisotopic (exact) mass is 486 g/mol. The molecule has 2 amide bonds. The number of piperidine rings is 1. The van der Waals surface area contributed by atoms with E-state index in [1.807, 2.05) is 23.1 Å². The number of carbonyl (C=O) groups is 2. The van der Waals surface area contributed by atoms with E-state index in [2.05, 4.69) is 40.8 Å². The van der Waals surface area contributed by atoms with Gasteiger partial charge < -0.3 is 9.80 Å². The Balaban J connectivity index is 1.40. The second kappa shape index (κ2) is 8.97. The van der Waals surface area contributed by atoms with Crippen molar-refractivity contribution in [2.75, 3.05) is 19.6 Å². The molecule has 1 atom stereocenters. The van der Waals surface area contributed by atoms with Crippen LogP contribution < -0.4 is 0 Å². The highest BCUT2D eigenvalue weighted by atomic mass is 16.2. The molecule has 2 saturated heterocycles. The van der Waals surface area contributed by atoms with Crippen LogP contribution in [0.5, 0.6) is 0 Å². The van der Waals surface area contributed by atoms with Crippen LogP contribution in [0, 0.1) is 22.2 Å². The molecule has 2 aliphatic rings. The quantitative estimate of drug-likeness (QED) is 0.556. The van der Waals surface area contributed by atoms with Crippen molar-refractivity contribution in [3.8, 4) is 6.07 Å². The molecule has 10 nitrogen and oxygen atoms in total. The topological polar surface area (TPSA) is 120 Å². The average molecular weight is 487 g/mol. The molecule has 3 aromatic heterocycles. The first-order chi connectivity index (χ1) is 17.2. The summed E-state index contributed by atoms with van der Waals surface area (Å²) < 4.78 is 1.55. The van der Waals surface area contributed by atoms with Crippen LogP contribution in [0.2, 0.25) is 0 Å². The third kappa shape index (κ3) is 4.53. The molecule has 186 valence electrons. The second-order valence-corrected chi connectivity index (χ2v) is 11.1. The third-order valence-electron chi connectivity index (χ3n) is 6.97. The first kappa shape index (κ1) is 23.9. The van der Waals surface area contributed by atoms with Crippen molar-refractivity contribution in [3.63, 3.8) is 0 Å². The molecule has 0 aromatic carbocycles. The number of hydrogen-bond acceptors (Lipinski definition) is 7. The maximum absolute atomic E-state index is 13.6. The van der Waals surface area contributed by atoms with Gasteiger partial charge in [0.05, 0.1) is 5.41 Å². The van der Waals surface area contributed by atoms with Crippen LogP contribution in [0.3, 0.4) is 0 Å². The minimum Gasteiger partial charge on any atom is -0.338 e. The molecule has 0 N–H and O–H groups in total. The molecule has 5 rings (SSSR count). The molecule has 2 fully saturated rings. The van der Waals surface area contributed by atoms with Gasteiger partial charge in [0, 0.05) is 51.1 Å². The van der Waals surface area contributed by atoms with Gasteiger partial charge in [0.2, 0.25) is 11.7 Å². The van der Waals surface area contributed by atoms with E-state index >= 15 is 0 Å². The predicted octanol–water partition coefficient (Wildman–Crippen LogP) is 2.63. The summed E-state index contributed by atoms with van der Waals surface area (Å²) in [7, 11) is 0. The summed E-state index contributed by atoms with van der Waals surface area (Å²) in [5.74, 6) is 0.495. The lowest BCUT2D eigenvalue weighted by molar-refractivity contribution is -0.138. The van der Waals surface area contributed by atoms with E-state index in [1.54, 1.807) is 27.9 Å². The third-order valence-corrected chi connectivity index (χ3v) is 6.97. The molecular weight excluding hydrogens is 456 g/mol. The van der Waals surface area contributed by atoms with Crippen molar-refractivity contribution in [1.82, 2.24) is 34.4 Å². The van der Waals surface area contributed by atoms with E-state index in [1.165, 1.54) is 0 Å². The standard InChI is InChI=1S/C26H30N8O2/c1-25(2,3)14-21-30-22(29-20-13-19(15-27)31-34(20)21)23(35)33-11-4-7-26(17-33)8-12-32(24(26)36)16-18-5-9-28-10-6-18/h5-6,9-10,13H,4,7-8,11-12,14,16-17H2,1-3H3. The summed E-state index contributed by atoms with van der Waals surface area (Å²) in [6.45, 7) is 8.38. The van der Waals surface area contributed by atoms with E-state index in [4.69, 9.17) is 0 Å². The maximum atomic E-state index is 13.6. The molecule has 0 bridgehead atoms. The van der Waals surface area contributed by atoms with Crippen LogP contribution >= 0.6 is 0 Å². The normalized spacial score (nSPS) is 20.3. The lowest BCUT2D eigenvalue weighted by Crippen LogP contribution is -2.50. The van der Waals surface area contributed by atoms with Gasteiger partial charge in [0.15, 0.2) is 11.3 Å². The molecule has 0 radical (unpaired) electrons. The summed E-state index contributed by atoms with van der Waals surface area (Å²) in [4.78, 5) is 43.9. The molecular formula is C26H30N8O2. The molecule has 0 aliphatic carbocycles. The van der Waals surface area contributed by atoms with Gasteiger partial charge in [-0.1, -0.05) is 20.8 Å². The average Bonchev–Trinajstić information content (AvgIpc) is 3.40. The SMILES string of the molecule is CC(C)(C)Cc1nc(C(=O)N2CCCC3(CCN(Cc4ccncc4)C3=O)C2)nc2cc(C#N)nn12. The Kier molecular flexibility index (Phi) is 5.94. The Morgan fingerprint density at radius 1 is 1.17 bits per heavy atom. The van der Waals surface area contributed by atoms with Crippen LogP contribution in [-0.2, 0) is 17.8 Å². The summed E-state index contributed by atoms with van der Waals surface area (Å²) >= 11 is 0. The number of amides is 2. The molecule has 36 heavy (non-hydrogen) atoms. The maximum Gasteiger partial charge on any atom is 0.291 e. The Morgan fingerprint density at radius 2 is 1.94 bits per heavy atom. The largest absolute Gasteiger partial charge is 0.338 e. The van der Waals surface area contributed by atoms with Crippen molar-refractivity contribution in [2.24, 2.45) is 10.8 Å². The number of aromatic nitrogens is 5. The summed E-state index contributed by atoms with van der Waals surface area (Å²) in [6, 6.07) is 7.45. The zero-order valence-corrected chi connectivity index (χ0v) is 20.9. The number of fused-ring (bicyclic) bond motifs is 1. The number of carbonyl (C=O) groups excluding carboxylic acids is 2. The van der Waals surface area contributed by atoms with Crippen LogP contribution in [0.15, 0.2) is 30.6 Å². The number of rotatable bonds is 4. The van der Waals surface area contributed by atoms with Gasteiger partial charge in [0.1, 0.15) is 11.9 Å². The van der Waals surface area contributed by atoms with Crippen LogP contribution in [0.1, 0.15) is 67.7 Å². The van der Waals surface area contributed by atoms with E-state index in [0.717, 1.165) is 24.8 Å². The van der Waals surface area contributed by atoms with Gasteiger partial charge in [-0.05, 0) is 42.4 Å². The fourth-order valence-electron chi connectivity index (χ4n) is 5.26. The van der Waals surface area contributed by atoms with Crippen molar-refractivity contribution in [2.45, 2.75) is 53.0 Å². The van der Waals surface area contributed by atoms with Gasteiger partial charge in [-0.15, -0.1) is 0 Å². The lowest BCUT2D eigenvalue weighted by Gasteiger charge is -2.38. The summed E-state index contributed by atoms with van der Waals surface area (Å²) in [5.41, 5.74) is 1.03. The Morgan fingerprint density at radius 3 is 2.67 bits per heavy atom. The van der Waals surface area contributed by atoms with Crippen molar-refractivity contribution >= 4 is 17.5 Å². The first-order valence-electron chi connectivity index (χ1n) is 12.3. The molecule has 3 aromatic rings. The molecule has 10 heteroatoms. The second-order valence-electron chi connectivity index (χ2n) is 11.1. The van der Waals surface area contributed by atoms with Gasteiger partial charge >= 0.3 is 0 Å². The number of hydrogen-bond donors (Lipinski definition) is 0. The molecule has 5 heterocycles. The van der Waals surface area contributed by atoms with Crippen molar-refractivity contribution in [1.29, 1.82) is 5.26 Å². The number of nitriles is 1. The Bertz CT molecular complexity index is 1350.